The quantitative estimate of drug-likeness (QED) is 0.800. The van der Waals surface area contributed by atoms with Gasteiger partial charge in [-0.15, -0.1) is 0 Å². The average Bonchev–Trinajstić information content (AvgIpc) is 2.78. The smallest absolute Gasteiger partial charge is 0.330 e. The van der Waals surface area contributed by atoms with Gasteiger partial charge in [0, 0.05) is 17.1 Å². The molecule has 1 heterocycles. The van der Waals surface area contributed by atoms with Crippen molar-refractivity contribution in [3.63, 3.8) is 0 Å². The van der Waals surface area contributed by atoms with Crippen molar-refractivity contribution < 1.29 is 19.1 Å². The van der Waals surface area contributed by atoms with Crippen LogP contribution in [0.2, 0.25) is 5.02 Å². The Kier molecular flexibility index (Phi) is 4.63. The number of Topliss-reactive ketones (excluding diaryl/α,β-unsaturated/α-hetero) is 1. The van der Waals surface area contributed by atoms with Crippen molar-refractivity contribution >= 4 is 34.9 Å². The molecule has 0 radical (unpaired) electrons. The number of benzene rings is 1. The summed E-state index contributed by atoms with van der Waals surface area (Å²) >= 11 is 5.83. The van der Waals surface area contributed by atoms with Gasteiger partial charge in [0.15, 0.2) is 0 Å². The molecule has 0 saturated carbocycles. The summed E-state index contributed by atoms with van der Waals surface area (Å²) in [6.07, 6.45) is 0.0153. The van der Waals surface area contributed by atoms with Crippen LogP contribution in [0.25, 0.3) is 0 Å². The lowest BCUT2D eigenvalue weighted by Crippen LogP contribution is -2.44. The van der Waals surface area contributed by atoms with E-state index < -0.39 is 17.9 Å². The summed E-state index contributed by atoms with van der Waals surface area (Å²) in [6, 6.07) is 5.65. The van der Waals surface area contributed by atoms with Crippen LogP contribution in [0, 0.1) is 5.92 Å². The van der Waals surface area contributed by atoms with Crippen molar-refractivity contribution in [2.24, 2.45) is 5.92 Å². The maximum absolute atomic E-state index is 12.2. The molecule has 0 N–H and O–H groups in total. The van der Waals surface area contributed by atoms with Crippen LogP contribution in [0.5, 0.6) is 0 Å². The van der Waals surface area contributed by atoms with E-state index in [4.69, 9.17) is 16.3 Å². The Balaban J connectivity index is 2.40. The zero-order chi connectivity index (χ0) is 15.6. The minimum Gasteiger partial charge on any atom is -0.464 e. The van der Waals surface area contributed by atoms with Crippen LogP contribution in [0.4, 0.5) is 5.69 Å². The summed E-state index contributed by atoms with van der Waals surface area (Å²) < 4.78 is 5.02. The summed E-state index contributed by atoms with van der Waals surface area (Å²) in [5.41, 5.74) is 0.534. The van der Waals surface area contributed by atoms with Gasteiger partial charge in [-0.05, 0) is 38.1 Å². The molecule has 0 aliphatic carbocycles. The molecule has 1 aromatic carbocycles. The van der Waals surface area contributed by atoms with Gasteiger partial charge in [-0.25, -0.2) is 4.79 Å². The third kappa shape index (κ3) is 3.08. The summed E-state index contributed by atoms with van der Waals surface area (Å²) in [6.45, 7) is 3.27. The summed E-state index contributed by atoms with van der Waals surface area (Å²) in [5.74, 6) is -1.70. The minimum absolute atomic E-state index is 0.0153. The number of rotatable bonds is 4. The molecule has 0 bridgehead atoms. The van der Waals surface area contributed by atoms with Crippen LogP contribution in [-0.4, -0.2) is 30.3 Å². The second-order valence-electron chi connectivity index (χ2n) is 4.86. The van der Waals surface area contributed by atoms with Crippen LogP contribution >= 0.6 is 11.6 Å². The van der Waals surface area contributed by atoms with E-state index in [-0.39, 0.29) is 24.7 Å². The molecule has 2 atom stereocenters. The molecule has 21 heavy (non-hydrogen) atoms. The molecule has 1 aromatic rings. The first kappa shape index (κ1) is 15.5. The monoisotopic (exact) mass is 309 g/mol. The fraction of sp³-hybridized carbons (Fsp3) is 0.400. The van der Waals surface area contributed by atoms with Crippen LogP contribution in [-0.2, 0) is 19.1 Å². The fourth-order valence-corrected chi connectivity index (χ4v) is 2.63. The van der Waals surface area contributed by atoms with E-state index >= 15 is 0 Å². The summed E-state index contributed by atoms with van der Waals surface area (Å²) in [5, 5.41) is 0.529. The lowest BCUT2D eigenvalue weighted by molar-refractivity contribution is -0.147. The molecule has 6 heteroatoms. The maximum Gasteiger partial charge on any atom is 0.330 e. The van der Waals surface area contributed by atoms with E-state index in [2.05, 4.69) is 0 Å². The van der Waals surface area contributed by atoms with E-state index in [9.17, 15) is 14.4 Å². The van der Waals surface area contributed by atoms with Crippen molar-refractivity contribution in [3.05, 3.63) is 29.3 Å². The normalized spacial score (nSPS) is 21.5. The van der Waals surface area contributed by atoms with Crippen molar-refractivity contribution in [2.45, 2.75) is 26.3 Å². The number of hydrogen-bond donors (Lipinski definition) is 0. The van der Waals surface area contributed by atoms with E-state index in [1.54, 1.807) is 31.2 Å². The molecule has 1 aliphatic rings. The molecule has 112 valence electrons. The van der Waals surface area contributed by atoms with Gasteiger partial charge in [-0.3, -0.25) is 14.5 Å². The number of carbonyl (C=O) groups is 3. The van der Waals surface area contributed by atoms with Gasteiger partial charge < -0.3 is 4.74 Å². The number of esters is 1. The summed E-state index contributed by atoms with van der Waals surface area (Å²) in [7, 11) is 0. The van der Waals surface area contributed by atoms with Crippen molar-refractivity contribution in [1.82, 2.24) is 0 Å². The predicted molar refractivity (Wildman–Crippen MR) is 78.1 cm³/mol. The van der Waals surface area contributed by atoms with Gasteiger partial charge in [-0.1, -0.05) is 11.6 Å². The molecule has 0 spiro atoms. The van der Waals surface area contributed by atoms with Crippen molar-refractivity contribution in [1.29, 1.82) is 0 Å². The molecule has 2 unspecified atom stereocenters. The first-order chi connectivity index (χ1) is 9.95. The SMILES string of the molecule is CCOC(=O)C1C(C(C)=O)CC(=O)N1c1ccc(Cl)cc1. The molecule has 2 rings (SSSR count). The lowest BCUT2D eigenvalue weighted by Gasteiger charge is -2.25. The Hall–Kier alpha value is -1.88. The highest BCUT2D eigenvalue weighted by Gasteiger charge is 2.47. The summed E-state index contributed by atoms with van der Waals surface area (Å²) in [4.78, 5) is 37.5. The number of carbonyl (C=O) groups excluding carboxylic acids is 3. The second-order valence-corrected chi connectivity index (χ2v) is 5.29. The second kappa shape index (κ2) is 6.26. The van der Waals surface area contributed by atoms with Crippen molar-refractivity contribution in [3.8, 4) is 0 Å². The molecule has 5 nitrogen and oxygen atoms in total. The fourth-order valence-electron chi connectivity index (χ4n) is 2.50. The van der Waals surface area contributed by atoms with E-state index in [0.717, 1.165) is 0 Å². The Morgan fingerprint density at radius 1 is 1.33 bits per heavy atom. The zero-order valence-corrected chi connectivity index (χ0v) is 12.6. The van der Waals surface area contributed by atoms with Crippen LogP contribution < -0.4 is 4.90 Å². The van der Waals surface area contributed by atoms with Crippen LogP contribution in [0.15, 0.2) is 24.3 Å². The van der Waals surface area contributed by atoms with Gasteiger partial charge in [0.1, 0.15) is 11.8 Å². The maximum atomic E-state index is 12.2. The number of anilines is 1. The van der Waals surface area contributed by atoms with Crippen molar-refractivity contribution in [2.75, 3.05) is 11.5 Å². The van der Waals surface area contributed by atoms with Gasteiger partial charge in [-0.2, -0.15) is 0 Å². The zero-order valence-electron chi connectivity index (χ0n) is 11.8. The first-order valence-corrected chi connectivity index (χ1v) is 7.08. The number of amides is 1. The van der Waals surface area contributed by atoms with Gasteiger partial charge in [0.25, 0.3) is 0 Å². The standard InChI is InChI=1S/C15H16ClNO4/c1-3-21-15(20)14-12(9(2)18)8-13(19)17(14)11-6-4-10(16)5-7-11/h4-7,12,14H,3,8H2,1-2H3. The topological polar surface area (TPSA) is 63.7 Å². The number of ketones is 1. The highest BCUT2D eigenvalue weighted by molar-refractivity contribution is 6.30. The van der Waals surface area contributed by atoms with E-state index in [0.29, 0.717) is 10.7 Å². The molecule has 1 aliphatic heterocycles. The molecule has 1 amide bonds. The Morgan fingerprint density at radius 2 is 1.95 bits per heavy atom. The number of nitrogens with zero attached hydrogens (tertiary/aromatic N) is 1. The first-order valence-electron chi connectivity index (χ1n) is 6.70. The Morgan fingerprint density at radius 3 is 2.48 bits per heavy atom. The molecule has 1 fully saturated rings. The van der Waals surface area contributed by atoms with Gasteiger partial charge in [0.05, 0.1) is 12.5 Å². The lowest BCUT2D eigenvalue weighted by atomic mass is 9.96. The molecular weight excluding hydrogens is 294 g/mol. The highest BCUT2D eigenvalue weighted by atomic mass is 35.5. The van der Waals surface area contributed by atoms with Crippen LogP contribution in [0.3, 0.4) is 0 Å². The molecule has 0 aromatic heterocycles. The highest BCUT2D eigenvalue weighted by Crippen LogP contribution is 2.33. The third-order valence-corrected chi connectivity index (χ3v) is 3.73. The van der Waals surface area contributed by atoms with E-state index in [1.807, 2.05) is 0 Å². The molecule has 1 saturated heterocycles. The van der Waals surface area contributed by atoms with Gasteiger partial charge >= 0.3 is 5.97 Å². The number of hydrogen-bond acceptors (Lipinski definition) is 4. The Labute approximate surface area is 127 Å². The average molecular weight is 310 g/mol. The third-order valence-electron chi connectivity index (χ3n) is 3.48. The number of ether oxygens (including phenoxy) is 1. The molecular formula is C15H16ClNO4. The van der Waals surface area contributed by atoms with E-state index in [1.165, 1.54) is 11.8 Å². The minimum atomic E-state index is -0.906. The largest absolute Gasteiger partial charge is 0.464 e. The predicted octanol–water partition coefficient (Wildman–Crippen LogP) is 2.21. The number of halogens is 1. The van der Waals surface area contributed by atoms with Crippen LogP contribution in [0.1, 0.15) is 20.3 Å². The van der Waals surface area contributed by atoms with Gasteiger partial charge in [0.2, 0.25) is 5.91 Å². The Bertz CT molecular complexity index is 570.